The monoisotopic (exact) mass is 467 g/mol. The van der Waals surface area contributed by atoms with Gasteiger partial charge < -0.3 is 10.2 Å². The third-order valence-corrected chi connectivity index (χ3v) is 8.26. The maximum Gasteiger partial charge on any atom is 0.234 e. The zero-order valence-corrected chi connectivity index (χ0v) is 20.3. The van der Waals surface area contributed by atoms with Gasteiger partial charge in [-0.15, -0.1) is 23.1 Å². The Morgan fingerprint density at radius 2 is 1.88 bits per heavy atom. The number of rotatable bonds is 7. The Morgan fingerprint density at radius 3 is 2.59 bits per heavy atom. The fourth-order valence-corrected chi connectivity index (χ4v) is 5.87. The molecular formula is C24H29N5OS2. The third-order valence-electron chi connectivity index (χ3n) is 6.15. The summed E-state index contributed by atoms with van der Waals surface area (Å²) in [5.74, 6) is 2.86. The zero-order valence-electron chi connectivity index (χ0n) is 18.6. The van der Waals surface area contributed by atoms with E-state index in [0.717, 1.165) is 61.2 Å². The number of hydrogen-bond donors (Lipinski definition) is 1. The van der Waals surface area contributed by atoms with Crippen LogP contribution in [-0.4, -0.2) is 59.5 Å². The number of thiophene rings is 1. The van der Waals surface area contributed by atoms with E-state index >= 15 is 0 Å². The maximum absolute atomic E-state index is 12.2. The summed E-state index contributed by atoms with van der Waals surface area (Å²) in [5.41, 5.74) is 1.29. The summed E-state index contributed by atoms with van der Waals surface area (Å²) >= 11 is 3.54. The first kappa shape index (κ1) is 21.7. The topological polar surface area (TPSA) is 61.4 Å². The number of amides is 1. The second-order valence-electron chi connectivity index (χ2n) is 8.63. The highest BCUT2D eigenvalue weighted by molar-refractivity contribution is 7.98. The van der Waals surface area contributed by atoms with Crippen LogP contribution < -0.4 is 10.2 Å². The molecule has 1 saturated heterocycles. The maximum atomic E-state index is 12.2. The first-order valence-electron chi connectivity index (χ1n) is 11.3. The first-order chi connectivity index (χ1) is 15.6. The number of carbonyl (C=O) groups is 1. The highest BCUT2D eigenvalue weighted by Gasteiger charge is 2.27. The molecule has 5 rings (SSSR count). The van der Waals surface area contributed by atoms with Gasteiger partial charge in [-0.2, -0.15) is 0 Å². The normalized spacial score (nSPS) is 17.1. The molecule has 2 aromatic heterocycles. The van der Waals surface area contributed by atoms with Crippen molar-refractivity contribution in [2.24, 2.45) is 0 Å². The Labute approximate surface area is 197 Å². The van der Waals surface area contributed by atoms with Gasteiger partial charge in [0.05, 0.1) is 17.7 Å². The molecule has 1 aliphatic heterocycles. The Bertz CT molecular complexity index is 1100. The summed E-state index contributed by atoms with van der Waals surface area (Å²) < 4.78 is 0. The minimum absolute atomic E-state index is 0.162. The molecular weight excluding hydrogens is 438 g/mol. The lowest BCUT2D eigenvalue weighted by molar-refractivity contribution is -0.122. The number of carbonyl (C=O) groups excluding carboxylic acids is 1. The van der Waals surface area contributed by atoms with Crippen LogP contribution in [-0.2, 0) is 10.5 Å². The van der Waals surface area contributed by atoms with E-state index in [2.05, 4.69) is 53.2 Å². The molecule has 3 heterocycles. The van der Waals surface area contributed by atoms with E-state index in [9.17, 15) is 4.79 Å². The van der Waals surface area contributed by atoms with Crippen LogP contribution >= 0.6 is 23.1 Å². The molecule has 32 heavy (non-hydrogen) atoms. The predicted octanol–water partition coefficient (Wildman–Crippen LogP) is 4.00. The van der Waals surface area contributed by atoms with Crippen LogP contribution in [0.4, 0.5) is 5.82 Å². The number of aromatic nitrogens is 2. The molecule has 0 bridgehead atoms. The second-order valence-corrected chi connectivity index (χ2v) is 10.9. The van der Waals surface area contributed by atoms with Gasteiger partial charge in [0.25, 0.3) is 0 Å². The molecule has 3 aromatic rings. The average Bonchev–Trinajstić information content (AvgIpc) is 3.56. The van der Waals surface area contributed by atoms with Gasteiger partial charge in [0, 0.05) is 42.0 Å². The molecule has 0 spiro atoms. The average molecular weight is 468 g/mol. The lowest BCUT2D eigenvalue weighted by atomic mass is 10.2. The van der Waals surface area contributed by atoms with Crippen molar-refractivity contribution in [2.75, 3.05) is 37.6 Å². The molecule has 1 amide bonds. The van der Waals surface area contributed by atoms with Gasteiger partial charge in [-0.1, -0.05) is 18.2 Å². The molecule has 0 atom stereocenters. The number of hydrogen-bond acceptors (Lipinski definition) is 7. The van der Waals surface area contributed by atoms with Gasteiger partial charge in [-0.25, -0.2) is 9.97 Å². The summed E-state index contributed by atoms with van der Waals surface area (Å²) in [5, 5.41) is 4.29. The summed E-state index contributed by atoms with van der Waals surface area (Å²) in [6, 6.07) is 10.8. The number of aryl methyl sites for hydroxylation is 2. The van der Waals surface area contributed by atoms with Gasteiger partial charge >= 0.3 is 0 Å². The van der Waals surface area contributed by atoms with Gasteiger partial charge in [-0.05, 0) is 44.4 Å². The number of nitrogens with zero attached hydrogens (tertiary/aromatic N) is 4. The fourth-order valence-electron chi connectivity index (χ4n) is 4.05. The van der Waals surface area contributed by atoms with E-state index in [-0.39, 0.29) is 5.91 Å². The van der Waals surface area contributed by atoms with Crippen LogP contribution in [0.5, 0.6) is 0 Å². The lowest BCUT2D eigenvalue weighted by Gasteiger charge is -2.35. The molecule has 0 radical (unpaired) electrons. The van der Waals surface area contributed by atoms with Crippen molar-refractivity contribution in [1.82, 2.24) is 20.2 Å². The Kier molecular flexibility index (Phi) is 6.35. The van der Waals surface area contributed by atoms with E-state index in [1.54, 1.807) is 23.1 Å². The smallest absolute Gasteiger partial charge is 0.234 e. The number of benzene rings is 1. The van der Waals surface area contributed by atoms with E-state index in [4.69, 9.17) is 9.97 Å². The summed E-state index contributed by atoms with van der Waals surface area (Å²) in [4.78, 5) is 30.4. The quantitative estimate of drug-likeness (QED) is 0.530. The SMILES string of the molecule is Cc1sc2nc(CSc3ccccc3)nc(N3CCN(CC(=O)NC4CC4)CC3)c2c1C. The van der Waals surface area contributed by atoms with Crippen LogP contribution in [0.1, 0.15) is 29.1 Å². The molecule has 2 aliphatic rings. The van der Waals surface area contributed by atoms with Crippen LogP contribution in [0.15, 0.2) is 35.2 Å². The molecule has 0 unspecified atom stereocenters. The Balaban J connectivity index is 1.32. The second kappa shape index (κ2) is 9.37. The van der Waals surface area contributed by atoms with Crippen molar-refractivity contribution in [1.29, 1.82) is 0 Å². The molecule has 1 saturated carbocycles. The van der Waals surface area contributed by atoms with Crippen molar-refractivity contribution in [3.05, 3.63) is 46.6 Å². The van der Waals surface area contributed by atoms with Crippen molar-refractivity contribution < 1.29 is 4.79 Å². The summed E-state index contributed by atoms with van der Waals surface area (Å²) in [7, 11) is 0. The third kappa shape index (κ3) is 4.92. The number of piperazine rings is 1. The highest BCUT2D eigenvalue weighted by Crippen LogP contribution is 2.36. The Morgan fingerprint density at radius 1 is 1.12 bits per heavy atom. The molecule has 1 aliphatic carbocycles. The van der Waals surface area contributed by atoms with E-state index in [1.807, 2.05) is 6.07 Å². The Hall–Kier alpha value is -2.16. The van der Waals surface area contributed by atoms with Crippen LogP contribution in [0.2, 0.25) is 0 Å². The fraction of sp³-hybridized carbons (Fsp3) is 0.458. The predicted molar refractivity (Wildman–Crippen MR) is 133 cm³/mol. The molecule has 1 N–H and O–H groups in total. The van der Waals surface area contributed by atoms with Gasteiger partial charge in [0.15, 0.2) is 0 Å². The van der Waals surface area contributed by atoms with E-state index < -0.39 is 0 Å². The minimum atomic E-state index is 0.162. The first-order valence-corrected chi connectivity index (χ1v) is 13.1. The van der Waals surface area contributed by atoms with Crippen molar-refractivity contribution in [2.45, 2.75) is 43.4 Å². The van der Waals surface area contributed by atoms with Crippen molar-refractivity contribution in [3.63, 3.8) is 0 Å². The number of anilines is 1. The summed E-state index contributed by atoms with van der Waals surface area (Å²) in [6.45, 7) is 8.35. The molecule has 6 nitrogen and oxygen atoms in total. The zero-order chi connectivity index (χ0) is 22.1. The molecule has 2 fully saturated rings. The van der Waals surface area contributed by atoms with Crippen LogP contribution in [0.3, 0.4) is 0 Å². The van der Waals surface area contributed by atoms with E-state index in [1.165, 1.54) is 20.7 Å². The van der Waals surface area contributed by atoms with Gasteiger partial charge in [-0.3, -0.25) is 9.69 Å². The van der Waals surface area contributed by atoms with Crippen LogP contribution in [0, 0.1) is 13.8 Å². The van der Waals surface area contributed by atoms with Gasteiger partial charge in [0.2, 0.25) is 5.91 Å². The number of thioether (sulfide) groups is 1. The highest BCUT2D eigenvalue weighted by atomic mass is 32.2. The lowest BCUT2D eigenvalue weighted by Crippen LogP contribution is -2.50. The van der Waals surface area contributed by atoms with Gasteiger partial charge in [0.1, 0.15) is 16.5 Å². The standard InChI is InChI=1S/C24H29N5OS2/c1-16-17(2)32-24-22(16)23(26-20(27-24)15-31-19-6-4-3-5-7-19)29-12-10-28(11-13-29)14-21(30)25-18-8-9-18/h3-7,18H,8-15H2,1-2H3,(H,25,30). The van der Waals surface area contributed by atoms with Crippen molar-refractivity contribution >= 4 is 45.0 Å². The van der Waals surface area contributed by atoms with E-state index in [0.29, 0.717) is 12.6 Å². The largest absolute Gasteiger partial charge is 0.353 e. The number of fused-ring (bicyclic) bond motifs is 1. The minimum Gasteiger partial charge on any atom is -0.353 e. The molecule has 1 aromatic carbocycles. The molecule has 168 valence electrons. The number of nitrogens with one attached hydrogen (secondary N) is 1. The van der Waals surface area contributed by atoms with Crippen molar-refractivity contribution in [3.8, 4) is 0 Å². The summed E-state index contributed by atoms with van der Waals surface area (Å²) in [6.07, 6.45) is 2.26. The molecule has 8 heteroatoms. The van der Waals surface area contributed by atoms with Crippen LogP contribution in [0.25, 0.3) is 10.2 Å².